The van der Waals surface area contributed by atoms with E-state index in [0.29, 0.717) is 6.04 Å². The van der Waals surface area contributed by atoms with E-state index in [0.717, 1.165) is 31.9 Å². The second kappa shape index (κ2) is 6.33. The van der Waals surface area contributed by atoms with Crippen molar-refractivity contribution in [1.82, 2.24) is 15.2 Å². The summed E-state index contributed by atoms with van der Waals surface area (Å²) in [4.78, 5) is 16.4. The van der Waals surface area contributed by atoms with E-state index in [4.69, 9.17) is 0 Å². The fraction of sp³-hybridized carbons (Fsp3) is 0.750. The maximum Gasteiger partial charge on any atom is 0.304 e. The molecule has 1 aliphatic heterocycles. The first kappa shape index (κ1) is 12.8. The Morgan fingerprint density at radius 3 is 3.24 bits per heavy atom. The van der Waals surface area contributed by atoms with Gasteiger partial charge in [-0.2, -0.15) is 0 Å². The number of aromatic amines is 1. The van der Waals surface area contributed by atoms with Gasteiger partial charge in [-0.05, 0) is 32.4 Å². The lowest BCUT2D eigenvalue weighted by Crippen LogP contribution is -2.45. The molecule has 17 heavy (non-hydrogen) atoms. The van der Waals surface area contributed by atoms with Gasteiger partial charge in [0.15, 0.2) is 0 Å². The molecule has 2 heterocycles. The molecule has 0 radical (unpaired) electrons. The molecular formula is C12H21N3OS. The van der Waals surface area contributed by atoms with Crippen molar-refractivity contribution in [3.8, 4) is 0 Å². The molecule has 1 aliphatic rings. The maximum absolute atomic E-state index is 11.1. The monoisotopic (exact) mass is 255 g/mol. The van der Waals surface area contributed by atoms with Crippen LogP contribution < -0.4 is 10.2 Å². The quantitative estimate of drug-likeness (QED) is 0.836. The lowest BCUT2D eigenvalue weighted by molar-refractivity contribution is 0.182. The fourth-order valence-electron chi connectivity index (χ4n) is 2.35. The summed E-state index contributed by atoms with van der Waals surface area (Å²) in [6.45, 7) is 6.42. The lowest BCUT2D eigenvalue weighted by Gasteiger charge is -2.32. The number of piperidine rings is 1. The molecule has 1 unspecified atom stereocenters. The number of likely N-dealkylation sites (tertiary alicyclic amines) is 1. The van der Waals surface area contributed by atoms with Gasteiger partial charge in [-0.15, -0.1) is 0 Å². The van der Waals surface area contributed by atoms with E-state index in [-0.39, 0.29) is 4.87 Å². The number of rotatable bonds is 5. The SMILES string of the molecule is CCCNC1CCCN(Cc2csc(=O)[nH]2)C1. The van der Waals surface area contributed by atoms with E-state index >= 15 is 0 Å². The molecule has 1 saturated heterocycles. The number of hydrogen-bond acceptors (Lipinski definition) is 4. The van der Waals surface area contributed by atoms with Crippen molar-refractivity contribution in [1.29, 1.82) is 0 Å². The van der Waals surface area contributed by atoms with Gasteiger partial charge in [0.05, 0.1) is 0 Å². The highest BCUT2D eigenvalue weighted by Crippen LogP contribution is 2.12. The van der Waals surface area contributed by atoms with E-state index in [1.165, 1.54) is 30.6 Å². The molecule has 0 amide bonds. The largest absolute Gasteiger partial charge is 0.315 e. The number of aromatic nitrogens is 1. The molecule has 2 N–H and O–H groups in total. The van der Waals surface area contributed by atoms with Crippen LogP contribution in [0.15, 0.2) is 10.2 Å². The summed E-state index contributed by atoms with van der Waals surface area (Å²) >= 11 is 1.25. The summed E-state index contributed by atoms with van der Waals surface area (Å²) in [5.74, 6) is 0. The molecule has 2 rings (SSSR count). The fourth-order valence-corrected chi connectivity index (χ4v) is 2.92. The zero-order valence-electron chi connectivity index (χ0n) is 10.4. The van der Waals surface area contributed by atoms with Crippen molar-refractivity contribution < 1.29 is 0 Å². The molecule has 0 aromatic carbocycles. The van der Waals surface area contributed by atoms with Crippen molar-refractivity contribution >= 4 is 11.3 Å². The Hall–Kier alpha value is -0.650. The summed E-state index contributed by atoms with van der Waals surface area (Å²) < 4.78 is 0. The third-order valence-electron chi connectivity index (χ3n) is 3.15. The smallest absolute Gasteiger partial charge is 0.304 e. The minimum Gasteiger partial charge on any atom is -0.315 e. The first-order valence-corrected chi connectivity index (χ1v) is 7.28. The van der Waals surface area contributed by atoms with Gasteiger partial charge in [0, 0.05) is 30.2 Å². The van der Waals surface area contributed by atoms with E-state index in [9.17, 15) is 4.79 Å². The van der Waals surface area contributed by atoms with Crippen LogP contribution in [0.25, 0.3) is 0 Å². The van der Waals surface area contributed by atoms with Gasteiger partial charge in [0.1, 0.15) is 0 Å². The Labute approximate surface area is 106 Å². The Morgan fingerprint density at radius 2 is 2.53 bits per heavy atom. The van der Waals surface area contributed by atoms with Gasteiger partial charge in [-0.1, -0.05) is 18.3 Å². The zero-order chi connectivity index (χ0) is 12.1. The number of thiazole rings is 1. The number of nitrogens with one attached hydrogen (secondary N) is 2. The first-order chi connectivity index (χ1) is 8.28. The summed E-state index contributed by atoms with van der Waals surface area (Å²) in [7, 11) is 0. The van der Waals surface area contributed by atoms with Gasteiger partial charge >= 0.3 is 4.87 Å². The zero-order valence-corrected chi connectivity index (χ0v) is 11.2. The molecular weight excluding hydrogens is 234 g/mol. The highest BCUT2D eigenvalue weighted by atomic mass is 32.1. The Kier molecular flexibility index (Phi) is 4.76. The van der Waals surface area contributed by atoms with Crippen molar-refractivity contribution in [2.75, 3.05) is 19.6 Å². The van der Waals surface area contributed by atoms with Crippen LogP contribution in [0, 0.1) is 0 Å². The van der Waals surface area contributed by atoms with Crippen LogP contribution in [0.2, 0.25) is 0 Å². The lowest BCUT2D eigenvalue weighted by atomic mass is 10.1. The molecule has 1 atom stereocenters. The minimum atomic E-state index is 0.0534. The van der Waals surface area contributed by atoms with Crippen LogP contribution in [0.5, 0.6) is 0 Å². The van der Waals surface area contributed by atoms with Gasteiger partial charge in [0.2, 0.25) is 0 Å². The number of nitrogens with zero attached hydrogens (tertiary/aromatic N) is 1. The van der Waals surface area contributed by atoms with Crippen LogP contribution in [0.3, 0.4) is 0 Å². The van der Waals surface area contributed by atoms with Crippen molar-refractivity contribution in [2.45, 2.75) is 38.8 Å². The number of hydrogen-bond donors (Lipinski definition) is 2. The van der Waals surface area contributed by atoms with Crippen LogP contribution >= 0.6 is 11.3 Å². The Balaban J connectivity index is 1.82. The predicted octanol–water partition coefficient (Wildman–Crippen LogP) is 1.40. The van der Waals surface area contributed by atoms with Crippen LogP contribution in [0.1, 0.15) is 31.9 Å². The molecule has 1 aromatic rings. The van der Waals surface area contributed by atoms with Crippen molar-refractivity contribution in [3.05, 3.63) is 20.7 Å². The standard InChI is InChI=1S/C12H21N3OS/c1-2-5-13-10-4-3-6-15(7-10)8-11-9-17-12(16)14-11/h9-10,13H,2-8H2,1H3,(H,14,16). The third kappa shape index (κ3) is 3.94. The van der Waals surface area contributed by atoms with Crippen LogP contribution in [-0.4, -0.2) is 35.6 Å². The summed E-state index contributed by atoms with van der Waals surface area (Å²) in [5.41, 5.74) is 1.05. The van der Waals surface area contributed by atoms with Gasteiger partial charge in [0.25, 0.3) is 0 Å². The normalized spacial score (nSPS) is 21.8. The second-order valence-electron chi connectivity index (χ2n) is 4.70. The number of H-pyrrole nitrogens is 1. The van der Waals surface area contributed by atoms with E-state index in [2.05, 4.69) is 22.1 Å². The second-order valence-corrected chi connectivity index (χ2v) is 5.54. The molecule has 0 bridgehead atoms. The molecule has 0 aliphatic carbocycles. The van der Waals surface area contributed by atoms with E-state index in [1.807, 2.05) is 5.38 Å². The minimum absolute atomic E-state index is 0.0534. The molecule has 1 fully saturated rings. The average Bonchev–Trinajstić information content (AvgIpc) is 2.73. The molecule has 0 spiro atoms. The maximum atomic E-state index is 11.1. The third-order valence-corrected chi connectivity index (χ3v) is 3.87. The molecule has 4 nitrogen and oxygen atoms in total. The molecule has 1 aromatic heterocycles. The van der Waals surface area contributed by atoms with E-state index < -0.39 is 0 Å². The van der Waals surface area contributed by atoms with Crippen molar-refractivity contribution in [3.63, 3.8) is 0 Å². The predicted molar refractivity (Wildman–Crippen MR) is 71.5 cm³/mol. The topological polar surface area (TPSA) is 48.1 Å². The van der Waals surface area contributed by atoms with E-state index in [1.54, 1.807) is 0 Å². The highest BCUT2D eigenvalue weighted by molar-refractivity contribution is 7.07. The average molecular weight is 255 g/mol. The van der Waals surface area contributed by atoms with Gasteiger partial charge < -0.3 is 10.3 Å². The van der Waals surface area contributed by atoms with Crippen molar-refractivity contribution in [2.24, 2.45) is 0 Å². The summed E-state index contributed by atoms with van der Waals surface area (Å²) in [6.07, 6.45) is 3.71. The van der Waals surface area contributed by atoms with Gasteiger partial charge in [-0.25, -0.2) is 0 Å². The first-order valence-electron chi connectivity index (χ1n) is 6.40. The van der Waals surface area contributed by atoms with Crippen LogP contribution in [-0.2, 0) is 6.54 Å². The summed E-state index contributed by atoms with van der Waals surface area (Å²) in [5, 5.41) is 5.52. The molecule has 5 heteroatoms. The highest BCUT2D eigenvalue weighted by Gasteiger charge is 2.19. The van der Waals surface area contributed by atoms with Gasteiger partial charge in [-0.3, -0.25) is 9.69 Å². The summed E-state index contributed by atoms with van der Waals surface area (Å²) in [6, 6.07) is 0.619. The van der Waals surface area contributed by atoms with Crippen LogP contribution in [0.4, 0.5) is 0 Å². The Bertz CT molecular complexity index is 387. The molecule has 0 saturated carbocycles. The molecule has 96 valence electrons. The Morgan fingerprint density at radius 1 is 1.65 bits per heavy atom.